The van der Waals surface area contributed by atoms with Crippen molar-refractivity contribution in [3.05, 3.63) is 24.0 Å². The normalized spacial score (nSPS) is 18.1. The minimum absolute atomic E-state index is 0.128. The van der Waals surface area contributed by atoms with E-state index < -0.39 is 0 Å². The largest absolute Gasteiger partial charge is 0.393 e. The first-order valence-electron chi connectivity index (χ1n) is 5.37. The van der Waals surface area contributed by atoms with Crippen molar-refractivity contribution in [3.63, 3.8) is 0 Å². The molecule has 4 nitrogen and oxygen atoms in total. The van der Waals surface area contributed by atoms with E-state index in [1.54, 1.807) is 6.20 Å². The van der Waals surface area contributed by atoms with E-state index in [2.05, 4.69) is 9.88 Å². The topological polar surface area (TPSA) is 62.4 Å². The summed E-state index contributed by atoms with van der Waals surface area (Å²) in [6, 6.07) is 4.02. The molecule has 4 heteroatoms. The molecule has 1 aliphatic rings. The van der Waals surface area contributed by atoms with Gasteiger partial charge in [-0.3, -0.25) is 4.98 Å². The maximum absolute atomic E-state index is 9.42. The van der Waals surface area contributed by atoms with Crippen LogP contribution >= 0.6 is 0 Å². The van der Waals surface area contributed by atoms with Crippen LogP contribution in [0.5, 0.6) is 0 Å². The van der Waals surface area contributed by atoms with Gasteiger partial charge in [0.05, 0.1) is 11.8 Å². The summed E-state index contributed by atoms with van der Waals surface area (Å²) in [5.74, 6) is 0. The van der Waals surface area contributed by atoms with Gasteiger partial charge in [-0.25, -0.2) is 0 Å². The second-order valence-corrected chi connectivity index (χ2v) is 3.93. The van der Waals surface area contributed by atoms with Crippen LogP contribution in [0.2, 0.25) is 0 Å². The Morgan fingerprint density at radius 3 is 2.87 bits per heavy atom. The summed E-state index contributed by atoms with van der Waals surface area (Å²) in [7, 11) is 0. The van der Waals surface area contributed by atoms with Crippen LogP contribution in [0.4, 0.5) is 5.69 Å². The molecule has 0 aromatic carbocycles. The van der Waals surface area contributed by atoms with Gasteiger partial charge >= 0.3 is 0 Å². The van der Waals surface area contributed by atoms with E-state index in [-0.39, 0.29) is 6.10 Å². The molecule has 0 amide bonds. The molecule has 82 valence electrons. The quantitative estimate of drug-likeness (QED) is 0.741. The van der Waals surface area contributed by atoms with Gasteiger partial charge in [0.15, 0.2) is 0 Å². The average Bonchev–Trinajstić information content (AvgIpc) is 2.30. The molecule has 0 radical (unpaired) electrons. The van der Waals surface area contributed by atoms with Crippen molar-refractivity contribution in [3.8, 4) is 0 Å². The van der Waals surface area contributed by atoms with Gasteiger partial charge in [0.2, 0.25) is 0 Å². The molecule has 15 heavy (non-hydrogen) atoms. The number of hydrogen-bond acceptors (Lipinski definition) is 4. The molecule has 1 saturated heterocycles. The summed E-state index contributed by atoms with van der Waals surface area (Å²) in [6.07, 6.45) is 3.36. The third kappa shape index (κ3) is 2.46. The Morgan fingerprint density at radius 1 is 1.47 bits per heavy atom. The molecular weight excluding hydrogens is 190 g/mol. The average molecular weight is 207 g/mol. The molecule has 0 unspecified atom stereocenters. The van der Waals surface area contributed by atoms with E-state index in [9.17, 15) is 5.11 Å². The fourth-order valence-electron chi connectivity index (χ4n) is 1.90. The summed E-state index contributed by atoms with van der Waals surface area (Å²) in [5, 5.41) is 9.42. The van der Waals surface area contributed by atoms with Crippen LogP contribution in [0.15, 0.2) is 18.3 Å². The Bertz CT molecular complexity index is 321. The number of nitrogens with two attached hydrogens (primary N) is 1. The van der Waals surface area contributed by atoms with Gasteiger partial charge in [-0.05, 0) is 25.0 Å². The summed E-state index contributed by atoms with van der Waals surface area (Å²) in [4.78, 5) is 6.44. The highest BCUT2D eigenvalue weighted by Gasteiger charge is 2.17. The van der Waals surface area contributed by atoms with Crippen LogP contribution < -0.4 is 10.6 Å². The van der Waals surface area contributed by atoms with Crippen molar-refractivity contribution >= 4 is 5.69 Å². The van der Waals surface area contributed by atoms with Crippen molar-refractivity contribution in [2.75, 3.05) is 18.0 Å². The summed E-state index contributed by atoms with van der Waals surface area (Å²) >= 11 is 0. The summed E-state index contributed by atoms with van der Waals surface area (Å²) < 4.78 is 0. The number of piperidine rings is 1. The van der Waals surface area contributed by atoms with Crippen molar-refractivity contribution in [2.45, 2.75) is 25.5 Å². The van der Waals surface area contributed by atoms with Gasteiger partial charge in [0, 0.05) is 31.5 Å². The molecule has 0 atom stereocenters. The van der Waals surface area contributed by atoms with Crippen LogP contribution in [-0.4, -0.2) is 29.3 Å². The Balaban J connectivity index is 2.08. The molecule has 0 bridgehead atoms. The lowest BCUT2D eigenvalue weighted by molar-refractivity contribution is 0.145. The zero-order valence-corrected chi connectivity index (χ0v) is 8.76. The van der Waals surface area contributed by atoms with E-state index in [1.165, 1.54) is 0 Å². The second-order valence-electron chi connectivity index (χ2n) is 3.93. The number of aromatic nitrogens is 1. The Labute approximate surface area is 89.7 Å². The van der Waals surface area contributed by atoms with E-state index in [4.69, 9.17) is 5.73 Å². The molecule has 1 aromatic rings. The van der Waals surface area contributed by atoms with Crippen LogP contribution in [-0.2, 0) is 6.54 Å². The number of rotatable bonds is 2. The smallest absolute Gasteiger partial charge is 0.0574 e. The molecule has 0 saturated carbocycles. The second kappa shape index (κ2) is 4.59. The molecule has 1 fully saturated rings. The zero-order chi connectivity index (χ0) is 10.7. The Hall–Kier alpha value is -1.13. The SMILES string of the molecule is NCc1cc(N2CCC(O)CC2)ccn1. The van der Waals surface area contributed by atoms with E-state index in [1.807, 2.05) is 12.1 Å². The van der Waals surface area contributed by atoms with E-state index >= 15 is 0 Å². The van der Waals surface area contributed by atoms with Gasteiger partial charge in [0.1, 0.15) is 0 Å². The van der Waals surface area contributed by atoms with E-state index in [0.29, 0.717) is 6.54 Å². The first kappa shape index (κ1) is 10.4. The summed E-state index contributed by atoms with van der Waals surface area (Å²) in [5.41, 5.74) is 7.63. The van der Waals surface area contributed by atoms with Crippen molar-refractivity contribution < 1.29 is 5.11 Å². The molecule has 1 aliphatic heterocycles. The highest BCUT2D eigenvalue weighted by atomic mass is 16.3. The van der Waals surface area contributed by atoms with Crippen LogP contribution in [0.1, 0.15) is 18.5 Å². The van der Waals surface area contributed by atoms with Crippen molar-refractivity contribution in [2.24, 2.45) is 5.73 Å². The van der Waals surface area contributed by atoms with Gasteiger partial charge in [-0.2, -0.15) is 0 Å². The fourth-order valence-corrected chi connectivity index (χ4v) is 1.90. The lowest BCUT2D eigenvalue weighted by Crippen LogP contribution is -2.35. The molecule has 2 rings (SSSR count). The zero-order valence-electron chi connectivity index (χ0n) is 8.76. The summed E-state index contributed by atoms with van der Waals surface area (Å²) in [6.45, 7) is 2.30. The predicted molar refractivity (Wildman–Crippen MR) is 59.6 cm³/mol. The molecule has 0 aliphatic carbocycles. The number of hydrogen-bond donors (Lipinski definition) is 2. The number of aliphatic hydroxyl groups excluding tert-OH is 1. The highest BCUT2D eigenvalue weighted by Crippen LogP contribution is 2.19. The highest BCUT2D eigenvalue weighted by molar-refractivity contribution is 5.46. The molecule has 2 heterocycles. The minimum Gasteiger partial charge on any atom is -0.393 e. The molecule has 1 aromatic heterocycles. The lowest BCUT2D eigenvalue weighted by atomic mass is 10.1. The number of pyridine rings is 1. The molecule has 0 spiro atoms. The fraction of sp³-hybridized carbons (Fsp3) is 0.545. The number of anilines is 1. The Morgan fingerprint density at radius 2 is 2.20 bits per heavy atom. The van der Waals surface area contributed by atoms with Gasteiger partial charge in [-0.15, -0.1) is 0 Å². The van der Waals surface area contributed by atoms with Gasteiger partial charge in [0.25, 0.3) is 0 Å². The monoisotopic (exact) mass is 207 g/mol. The third-order valence-corrected chi connectivity index (χ3v) is 2.84. The maximum atomic E-state index is 9.42. The molecule has 3 N–H and O–H groups in total. The van der Waals surface area contributed by atoms with Gasteiger partial charge in [-0.1, -0.05) is 0 Å². The van der Waals surface area contributed by atoms with Crippen molar-refractivity contribution in [1.29, 1.82) is 0 Å². The maximum Gasteiger partial charge on any atom is 0.0574 e. The number of aliphatic hydroxyl groups is 1. The first-order chi connectivity index (χ1) is 7.29. The first-order valence-corrected chi connectivity index (χ1v) is 5.37. The number of nitrogens with zero attached hydrogens (tertiary/aromatic N) is 2. The molecular formula is C11H17N3O. The van der Waals surface area contributed by atoms with Crippen LogP contribution in [0.25, 0.3) is 0 Å². The lowest BCUT2D eigenvalue weighted by Gasteiger charge is -2.31. The van der Waals surface area contributed by atoms with Crippen LogP contribution in [0.3, 0.4) is 0 Å². The Kier molecular flexibility index (Phi) is 3.18. The van der Waals surface area contributed by atoms with E-state index in [0.717, 1.165) is 37.3 Å². The predicted octanol–water partition coefficient (Wildman–Crippen LogP) is 0.501. The van der Waals surface area contributed by atoms with Crippen LogP contribution in [0, 0.1) is 0 Å². The minimum atomic E-state index is -0.128. The van der Waals surface area contributed by atoms with Gasteiger partial charge < -0.3 is 15.7 Å². The standard InChI is InChI=1S/C11H17N3O/c12-8-9-7-10(1-4-13-9)14-5-2-11(15)3-6-14/h1,4,7,11,15H,2-3,5-6,8,12H2. The third-order valence-electron chi connectivity index (χ3n) is 2.84. The van der Waals surface area contributed by atoms with Crippen molar-refractivity contribution in [1.82, 2.24) is 4.98 Å².